The molecule has 11 heteroatoms. The van der Waals surface area contributed by atoms with Gasteiger partial charge in [-0.05, 0) is 64.0 Å². The molecular weight excluding hydrogens is 504 g/mol. The minimum atomic E-state index is -1.02. The van der Waals surface area contributed by atoms with Crippen molar-refractivity contribution in [1.82, 2.24) is 4.90 Å². The van der Waals surface area contributed by atoms with E-state index in [9.17, 15) is 24.5 Å². The van der Waals surface area contributed by atoms with Gasteiger partial charge in [-0.2, -0.15) is 0 Å². The summed E-state index contributed by atoms with van der Waals surface area (Å²) in [5.74, 6) is -0.748. The predicted octanol–water partition coefficient (Wildman–Crippen LogP) is 4.53. The molecule has 0 unspecified atom stereocenters. The number of ether oxygens (including phenoxy) is 2. The summed E-state index contributed by atoms with van der Waals surface area (Å²) in [7, 11) is 1.19. The monoisotopic (exact) mass is 520 g/mol. The Balaban J connectivity index is 1.72. The second-order valence-corrected chi connectivity index (χ2v) is 8.50. The third-order valence-corrected chi connectivity index (χ3v) is 6.03. The standard InChI is InChI=1S/C21H17BrN2O7S/c1-12(20(26)30-2)23-19(25)18(32-21(23)27)10-13-6-7-17(16(22)9-13)31-11-14-4-3-5-15(8-14)24(28)29/h3-10,12H,11H2,1-2H3/b18-10+/t12-/m0/s1. The summed E-state index contributed by atoms with van der Waals surface area (Å²) in [5, 5.41) is 10.3. The molecular formula is C21H17BrN2O7S. The van der Waals surface area contributed by atoms with Crippen LogP contribution in [-0.2, 0) is 20.9 Å². The van der Waals surface area contributed by atoms with Crippen molar-refractivity contribution < 1.29 is 28.8 Å². The zero-order valence-electron chi connectivity index (χ0n) is 16.9. The van der Waals surface area contributed by atoms with Gasteiger partial charge in [0.15, 0.2) is 0 Å². The quantitative estimate of drug-likeness (QED) is 0.226. The molecule has 0 N–H and O–H groups in total. The topological polar surface area (TPSA) is 116 Å². The van der Waals surface area contributed by atoms with Crippen LogP contribution in [-0.4, -0.2) is 40.1 Å². The first-order chi connectivity index (χ1) is 15.2. The molecule has 1 saturated heterocycles. The molecule has 0 aromatic heterocycles. The highest BCUT2D eigenvalue weighted by Crippen LogP contribution is 2.35. The molecule has 1 atom stereocenters. The fourth-order valence-electron chi connectivity index (χ4n) is 2.89. The van der Waals surface area contributed by atoms with E-state index in [0.717, 1.165) is 16.7 Å². The van der Waals surface area contributed by atoms with Crippen LogP contribution in [0.3, 0.4) is 0 Å². The minimum Gasteiger partial charge on any atom is -0.488 e. The molecule has 1 aliphatic rings. The fraction of sp³-hybridized carbons (Fsp3) is 0.190. The van der Waals surface area contributed by atoms with Crippen molar-refractivity contribution in [2.75, 3.05) is 7.11 Å². The van der Waals surface area contributed by atoms with Crippen molar-refractivity contribution in [1.29, 1.82) is 0 Å². The van der Waals surface area contributed by atoms with Crippen LogP contribution in [0, 0.1) is 10.1 Å². The molecule has 2 amide bonds. The fourth-order valence-corrected chi connectivity index (χ4v) is 4.31. The maximum Gasteiger partial charge on any atom is 0.328 e. The summed E-state index contributed by atoms with van der Waals surface area (Å²) in [6.07, 6.45) is 1.55. The zero-order chi connectivity index (χ0) is 23.4. The van der Waals surface area contributed by atoms with Crippen LogP contribution in [0.15, 0.2) is 51.8 Å². The number of thioether (sulfide) groups is 1. The number of carbonyl (C=O) groups excluding carboxylic acids is 3. The summed E-state index contributed by atoms with van der Waals surface area (Å²) < 4.78 is 10.9. The number of amides is 2. The zero-order valence-corrected chi connectivity index (χ0v) is 19.3. The van der Waals surface area contributed by atoms with Crippen molar-refractivity contribution in [3.05, 3.63) is 73.1 Å². The number of nitro benzene ring substituents is 1. The highest BCUT2D eigenvalue weighted by atomic mass is 79.9. The van der Waals surface area contributed by atoms with E-state index in [1.54, 1.807) is 36.4 Å². The number of halogens is 1. The van der Waals surface area contributed by atoms with E-state index in [2.05, 4.69) is 20.7 Å². The lowest BCUT2D eigenvalue weighted by Gasteiger charge is -2.18. The van der Waals surface area contributed by atoms with E-state index in [0.29, 0.717) is 21.3 Å². The average Bonchev–Trinajstić information content (AvgIpc) is 3.04. The Morgan fingerprint density at radius 3 is 2.69 bits per heavy atom. The van der Waals surface area contributed by atoms with Crippen LogP contribution in [0.4, 0.5) is 10.5 Å². The highest BCUT2D eigenvalue weighted by Gasteiger charge is 2.41. The molecule has 1 fully saturated rings. The van der Waals surface area contributed by atoms with Crippen LogP contribution in [0.25, 0.3) is 6.08 Å². The molecule has 32 heavy (non-hydrogen) atoms. The molecule has 166 valence electrons. The molecule has 2 aromatic rings. The molecule has 9 nitrogen and oxygen atoms in total. The summed E-state index contributed by atoms with van der Waals surface area (Å²) in [4.78, 5) is 48.0. The number of non-ortho nitro benzene ring substituents is 1. The Kier molecular flexibility index (Phi) is 7.31. The van der Waals surface area contributed by atoms with Crippen molar-refractivity contribution in [2.45, 2.75) is 19.6 Å². The van der Waals surface area contributed by atoms with E-state index >= 15 is 0 Å². The van der Waals surface area contributed by atoms with Gasteiger partial charge in [-0.3, -0.25) is 24.6 Å². The summed E-state index contributed by atoms with van der Waals surface area (Å²) in [6, 6.07) is 10.2. The van der Waals surface area contributed by atoms with Crippen molar-refractivity contribution >= 4 is 56.6 Å². The van der Waals surface area contributed by atoms with Gasteiger partial charge in [-0.1, -0.05) is 18.2 Å². The molecule has 0 radical (unpaired) electrons. The third-order valence-electron chi connectivity index (χ3n) is 4.52. The number of hydrogen-bond acceptors (Lipinski definition) is 8. The SMILES string of the molecule is COC(=O)[C@H](C)N1C(=O)S/C(=C/c2ccc(OCc3cccc([N+](=O)[O-])c3)c(Br)c2)C1=O. The molecule has 2 aromatic carbocycles. The molecule has 0 bridgehead atoms. The van der Waals surface area contributed by atoms with Crippen molar-refractivity contribution in [2.24, 2.45) is 0 Å². The number of esters is 1. The Bertz CT molecular complexity index is 1130. The maximum absolute atomic E-state index is 12.6. The van der Waals surface area contributed by atoms with Gasteiger partial charge in [-0.15, -0.1) is 0 Å². The highest BCUT2D eigenvalue weighted by molar-refractivity contribution is 9.10. The van der Waals surface area contributed by atoms with Crippen LogP contribution >= 0.6 is 27.7 Å². The third kappa shape index (κ3) is 5.17. The summed E-state index contributed by atoms with van der Waals surface area (Å²) in [5.41, 5.74) is 1.26. The van der Waals surface area contributed by atoms with Gasteiger partial charge in [0, 0.05) is 12.1 Å². The lowest BCUT2D eigenvalue weighted by molar-refractivity contribution is -0.384. The summed E-state index contributed by atoms with van der Waals surface area (Å²) >= 11 is 4.15. The number of methoxy groups -OCH3 is 1. The van der Waals surface area contributed by atoms with Crippen molar-refractivity contribution in [3.63, 3.8) is 0 Å². The maximum atomic E-state index is 12.6. The van der Waals surface area contributed by atoms with Gasteiger partial charge in [-0.25, -0.2) is 4.79 Å². The molecule has 1 heterocycles. The van der Waals surface area contributed by atoms with Gasteiger partial charge in [0.1, 0.15) is 18.4 Å². The van der Waals surface area contributed by atoms with Gasteiger partial charge >= 0.3 is 5.97 Å². The Morgan fingerprint density at radius 2 is 2.03 bits per heavy atom. The number of nitro groups is 1. The largest absolute Gasteiger partial charge is 0.488 e. The van der Waals surface area contributed by atoms with Crippen molar-refractivity contribution in [3.8, 4) is 5.75 Å². The van der Waals surface area contributed by atoms with E-state index in [4.69, 9.17) is 4.74 Å². The van der Waals surface area contributed by atoms with Gasteiger partial charge in [0.05, 0.1) is 21.4 Å². The lowest BCUT2D eigenvalue weighted by Crippen LogP contribution is -2.42. The second kappa shape index (κ2) is 9.96. The first-order valence-corrected chi connectivity index (χ1v) is 10.8. The Hall–Kier alpha value is -3.18. The molecule has 3 rings (SSSR count). The molecule has 0 spiro atoms. The first kappa shape index (κ1) is 23.5. The number of benzene rings is 2. The summed E-state index contributed by atoms with van der Waals surface area (Å²) in [6.45, 7) is 1.55. The normalized spacial score (nSPS) is 15.7. The van der Waals surface area contributed by atoms with Gasteiger partial charge < -0.3 is 9.47 Å². The Labute approximate surface area is 195 Å². The van der Waals surface area contributed by atoms with Gasteiger partial charge in [0.25, 0.3) is 16.8 Å². The van der Waals surface area contributed by atoms with E-state index < -0.39 is 28.1 Å². The van der Waals surface area contributed by atoms with Crippen LogP contribution in [0.1, 0.15) is 18.1 Å². The molecule has 1 aliphatic heterocycles. The number of carbonyl (C=O) groups is 3. The Morgan fingerprint density at radius 1 is 1.28 bits per heavy atom. The van der Waals surface area contributed by atoms with Crippen LogP contribution in [0.2, 0.25) is 0 Å². The van der Waals surface area contributed by atoms with Crippen LogP contribution < -0.4 is 4.74 Å². The number of nitrogens with zero attached hydrogens (tertiary/aromatic N) is 2. The average molecular weight is 521 g/mol. The van der Waals surface area contributed by atoms with Crippen LogP contribution in [0.5, 0.6) is 5.75 Å². The second-order valence-electron chi connectivity index (χ2n) is 6.66. The predicted molar refractivity (Wildman–Crippen MR) is 121 cm³/mol. The van der Waals surface area contributed by atoms with E-state index in [1.807, 2.05) is 0 Å². The van der Waals surface area contributed by atoms with E-state index in [1.165, 1.54) is 26.2 Å². The molecule has 0 saturated carbocycles. The number of rotatable bonds is 7. The van der Waals surface area contributed by atoms with Gasteiger partial charge in [0.2, 0.25) is 0 Å². The van der Waals surface area contributed by atoms with E-state index in [-0.39, 0.29) is 17.2 Å². The minimum absolute atomic E-state index is 0.0176. The number of hydrogen-bond donors (Lipinski definition) is 0. The first-order valence-electron chi connectivity index (χ1n) is 9.22. The number of imide groups is 1. The lowest BCUT2D eigenvalue weighted by atomic mass is 10.2. The molecule has 0 aliphatic carbocycles. The smallest absolute Gasteiger partial charge is 0.328 e.